The summed E-state index contributed by atoms with van der Waals surface area (Å²) in [6.07, 6.45) is 3.57. The molecule has 0 bridgehead atoms. The minimum atomic E-state index is 0.203. The summed E-state index contributed by atoms with van der Waals surface area (Å²) in [6, 6.07) is 10.5. The van der Waals surface area contributed by atoms with Gasteiger partial charge in [-0.2, -0.15) is 0 Å². The fourth-order valence-corrected chi connectivity index (χ4v) is 2.87. The third kappa shape index (κ3) is 2.62. The third-order valence-electron chi connectivity index (χ3n) is 3.89. The molecule has 0 spiro atoms. The molecule has 1 saturated carbocycles. The summed E-state index contributed by atoms with van der Waals surface area (Å²) in [7, 11) is 0. The fourth-order valence-electron chi connectivity index (χ4n) is 2.87. The lowest BCUT2D eigenvalue weighted by molar-refractivity contribution is 0.0363. The standard InChI is InChI=1S/C16H20N2O/c1-11-9-12(10-19-16-8-4-6-14(16)17)13-5-2-3-7-15(13)18-11/h2-3,5,7,9,14,16H,4,6,8,10,17H2,1H3. The van der Waals surface area contributed by atoms with Crippen LogP contribution in [0.25, 0.3) is 10.9 Å². The molecule has 19 heavy (non-hydrogen) atoms. The van der Waals surface area contributed by atoms with Gasteiger partial charge in [0, 0.05) is 17.1 Å². The van der Waals surface area contributed by atoms with Gasteiger partial charge in [0.05, 0.1) is 18.2 Å². The Morgan fingerprint density at radius 3 is 2.95 bits per heavy atom. The van der Waals surface area contributed by atoms with Gasteiger partial charge in [-0.15, -0.1) is 0 Å². The lowest BCUT2D eigenvalue weighted by atomic mass is 10.1. The van der Waals surface area contributed by atoms with Gasteiger partial charge in [0.1, 0.15) is 0 Å². The predicted molar refractivity (Wildman–Crippen MR) is 76.9 cm³/mol. The molecule has 1 heterocycles. The number of aryl methyl sites for hydroxylation is 1. The second-order valence-corrected chi connectivity index (χ2v) is 5.38. The predicted octanol–water partition coefficient (Wildman–Crippen LogP) is 2.94. The van der Waals surface area contributed by atoms with Crippen molar-refractivity contribution in [2.24, 2.45) is 5.73 Å². The van der Waals surface area contributed by atoms with Gasteiger partial charge in [-0.3, -0.25) is 4.98 Å². The average Bonchev–Trinajstić information content (AvgIpc) is 2.81. The number of hydrogen-bond acceptors (Lipinski definition) is 3. The Morgan fingerprint density at radius 1 is 1.32 bits per heavy atom. The first-order chi connectivity index (χ1) is 9.24. The minimum absolute atomic E-state index is 0.203. The summed E-state index contributed by atoms with van der Waals surface area (Å²) in [6.45, 7) is 2.65. The van der Waals surface area contributed by atoms with Gasteiger partial charge in [0.2, 0.25) is 0 Å². The molecule has 1 aromatic carbocycles. The van der Waals surface area contributed by atoms with Crippen LogP contribution in [0.15, 0.2) is 30.3 Å². The van der Waals surface area contributed by atoms with E-state index in [2.05, 4.69) is 17.1 Å². The zero-order valence-corrected chi connectivity index (χ0v) is 11.3. The Balaban J connectivity index is 1.84. The summed E-state index contributed by atoms with van der Waals surface area (Å²) < 4.78 is 6.01. The van der Waals surface area contributed by atoms with Crippen molar-refractivity contribution in [3.63, 3.8) is 0 Å². The van der Waals surface area contributed by atoms with Gasteiger partial charge in [0.25, 0.3) is 0 Å². The Labute approximate surface area is 113 Å². The van der Waals surface area contributed by atoms with Crippen molar-refractivity contribution in [2.45, 2.75) is 44.9 Å². The van der Waals surface area contributed by atoms with E-state index >= 15 is 0 Å². The van der Waals surface area contributed by atoms with E-state index in [1.54, 1.807) is 0 Å². The molecular weight excluding hydrogens is 236 g/mol. The van der Waals surface area contributed by atoms with Crippen LogP contribution in [0.2, 0.25) is 0 Å². The largest absolute Gasteiger partial charge is 0.372 e. The highest BCUT2D eigenvalue weighted by Crippen LogP contribution is 2.24. The van der Waals surface area contributed by atoms with Crippen molar-refractivity contribution in [2.75, 3.05) is 0 Å². The Hall–Kier alpha value is -1.45. The second-order valence-electron chi connectivity index (χ2n) is 5.38. The molecule has 0 saturated heterocycles. The number of pyridine rings is 1. The molecular formula is C16H20N2O. The van der Waals surface area contributed by atoms with Crippen molar-refractivity contribution in [3.05, 3.63) is 41.6 Å². The van der Waals surface area contributed by atoms with E-state index in [4.69, 9.17) is 10.5 Å². The van der Waals surface area contributed by atoms with Crippen LogP contribution in [0.5, 0.6) is 0 Å². The molecule has 2 aromatic rings. The van der Waals surface area contributed by atoms with Crippen molar-refractivity contribution in [1.82, 2.24) is 4.98 Å². The molecule has 1 fully saturated rings. The summed E-state index contributed by atoms with van der Waals surface area (Å²) in [5.41, 5.74) is 9.33. The van der Waals surface area contributed by atoms with Crippen LogP contribution in [-0.4, -0.2) is 17.1 Å². The maximum Gasteiger partial charge on any atom is 0.0730 e. The SMILES string of the molecule is Cc1cc(COC2CCCC2N)c2ccccc2n1. The van der Waals surface area contributed by atoms with E-state index in [1.807, 2.05) is 25.1 Å². The Morgan fingerprint density at radius 2 is 2.16 bits per heavy atom. The first-order valence-corrected chi connectivity index (χ1v) is 6.96. The van der Waals surface area contributed by atoms with Gasteiger partial charge in [0.15, 0.2) is 0 Å². The number of benzene rings is 1. The Bertz CT molecular complexity index is 582. The number of nitrogens with zero attached hydrogens (tertiary/aromatic N) is 1. The van der Waals surface area contributed by atoms with Crippen LogP contribution in [0.1, 0.15) is 30.5 Å². The highest BCUT2D eigenvalue weighted by atomic mass is 16.5. The molecule has 2 N–H and O–H groups in total. The molecule has 1 aliphatic carbocycles. The summed E-state index contributed by atoms with van der Waals surface area (Å²) in [4.78, 5) is 4.55. The smallest absolute Gasteiger partial charge is 0.0730 e. The lowest BCUT2D eigenvalue weighted by Crippen LogP contribution is -2.31. The highest BCUT2D eigenvalue weighted by Gasteiger charge is 2.24. The van der Waals surface area contributed by atoms with E-state index in [0.29, 0.717) is 6.61 Å². The molecule has 3 rings (SSSR count). The fraction of sp³-hybridized carbons (Fsp3) is 0.438. The van der Waals surface area contributed by atoms with E-state index in [0.717, 1.165) is 24.1 Å². The summed E-state index contributed by atoms with van der Waals surface area (Å²) in [5.74, 6) is 0. The number of para-hydroxylation sites is 1. The number of rotatable bonds is 3. The number of hydrogen-bond donors (Lipinski definition) is 1. The topological polar surface area (TPSA) is 48.1 Å². The number of fused-ring (bicyclic) bond motifs is 1. The maximum absolute atomic E-state index is 6.05. The molecule has 2 atom stereocenters. The van der Waals surface area contributed by atoms with Gasteiger partial charge < -0.3 is 10.5 Å². The summed E-state index contributed by atoms with van der Waals surface area (Å²) in [5, 5.41) is 1.18. The zero-order chi connectivity index (χ0) is 13.2. The number of ether oxygens (including phenoxy) is 1. The number of nitrogens with two attached hydrogens (primary N) is 1. The van der Waals surface area contributed by atoms with E-state index in [9.17, 15) is 0 Å². The molecule has 2 unspecified atom stereocenters. The molecule has 1 aliphatic rings. The van der Waals surface area contributed by atoms with Crippen LogP contribution in [0.3, 0.4) is 0 Å². The van der Waals surface area contributed by atoms with E-state index < -0.39 is 0 Å². The lowest BCUT2D eigenvalue weighted by Gasteiger charge is -2.17. The molecule has 100 valence electrons. The van der Waals surface area contributed by atoms with Crippen molar-refractivity contribution in [3.8, 4) is 0 Å². The van der Waals surface area contributed by atoms with E-state index in [-0.39, 0.29) is 12.1 Å². The monoisotopic (exact) mass is 256 g/mol. The van der Waals surface area contributed by atoms with Crippen LogP contribution in [-0.2, 0) is 11.3 Å². The van der Waals surface area contributed by atoms with Crippen molar-refractivity contribution in [1.29, 1.82) is 0 Å². The normalized spacial score (nSPS) is 23.1. The molecule has 1 aromatic heterocycles. The quantitative estimate of drug-likeness (QED) is 0.918. The van der Waals surface area contributed by atoms with Gasteiger partial charge in [-0.25, -0.2) is 0 Å². The molecule has 0 radical (unpaired) electrons. The molecule has 3 heteroatoms. The first-order valence-electron chi connectivity index (χ1n) is 6.96. The van der Waals surface area contributed by atoms with Crippen LogP contribution in [0.4, 0.5) is 0 Å². The van der Waals surface area contributed by atoms with Crippen LogP contribution < -0.4 is 5.73 Å². The van der Waals surface area contributed by atoms with Gasteiger partial charge in [-0.1, -0.05) is 18.2 Å². The van der Waals surface area contributed by atoms with Crippen LogP contribution in [0, 0.1) is 6.92 Å². The molecule has 0 amide bonds. The van der Waals surface area contributed by atoms with E-state index in [1.165, 1.54) is 17.4 Å². The van der Waals surface area contributed by atoms with Crippen molar-refractivity contribution >= 4 is 10.9 Å². The number of aromatic nitrogens is 1. The first kappa shape index (κ1) is 12.6. The highest BCUT2D eigenvalue weighted by molar-refractivity contribution is 5.82. The minimum Gasteiger partial charge on any atom is -0.372 e. The van der Waals surface area contributed by atoms with Gasteiger partial charge in [-0.05, 0) is 43.9 Å². The molecule has 0 aliphatic heterocycles. The zero-order valence-electron chi connectivity index (χ0n) is 11.3. The van der Waals surface area contributed by atoms with Gasteiger partial charge >= 0.3 is 0 Å². The molecule has 3 nitrogen and oxygen atoms in total. The summed E-state index contributed by atoms with van der Waals surface area (Å²) >= 11 is 0. The Kier molecular flexibility index (Phi) is 3.49. The van der Waals surface area contributed by atoms with Crippen molar-refractivity contribution < 1.29 is 4.74 Å². The second kappa shape index (κ2) is 5.27. The maximum atomic E-state index is 6.05. The third-order valence-corrected chi connectivity index (χ3v) is 3.89. The van der Waals surface area contributed by atoms with Crippen LogP contribution >= 0.6 is 0 Å². The average molecular weight is 256 g/mol.